The third-order valence-corrected chi connectivity index (χ3v) is 5.91. The molecule has 1 heterocycles. The van der Waals surface area contributed by atoms with Crippen molar-refractivity contribution in [3.05, 3.63) is 82.9 Å². The Hall–Kier alpha value is -3.81. The van der Waals surface area contributed by atoms with Crippen molar-refractivity contribution in [2.75, 3.05) is 34.5 Å². The molecule has 0 saturated carbocycles. The van der Waals surface area contributed by atoms with E-state index in [0.29, 0.717) is 29.4 Å². The minimum atomic E-state index is -0.910. The number of ether oxygens (including phenoxy) is 4. The van der Waals surface area contributed by atoms with Crippen LogP contribution in [-0.4, -0.2) is 45.3 Å². The Morgan fingerprint density at radius 1 is 0.882 bits per heavy atom. The van der Waals surface area contributed by atoms with Crippen molar-refractivity contribution in [3.8, 4) is 23.0 Å². The van der Waals surface area contributed by atoms with Gasteiger partial charge < -0.3 is 23.8 Å². The third-order valence-electron chi connectivity index (χ3n) is 5.91. The molecule has 1 aliphatic heterocycles. The summed E-state index contributed by atoms with van der Waals surface area (Å²) in [6, 6.07) is 13.5. The van der Waals surface area contributed by atoms with Gasteiger partial charge in [-0.25, -0.2) is 8.78 Å². The molecule has 178 valence electrons. The summed E-state index contributed by atoms with van der Waals surface area (Å²) < 4.78 is 51.2. The molecular weight excluding hydrogens is 444 g/mol. The predicted octanol–water partition coefficient (Wildman–Crippen LogP) is 4.81. The Labute approximate surface area is 196 Å². The van der Waals surface area contributed by atoms with Crippen LogP contribution in [0, 0.1) is 11.6 Å². The molecule has 1 aliphatic rings. The number of hydrogen-bond acceptors (Lipinski definition) is 5. The van der Waals surface area contributed by atoms with Gasteiger partial charge in [0.05, 0.1) is 27.4 Å². The Balaban J connectivity index is 1.76. The molecule has 0 unspecified atom stereocenters. The van der Waals surface area contributed by atoms with Crippen LogP contribution in [0.15, 0.2) is 54.6 Å². The van der Waals surface area contributed by atoms with E-state index in [0.717, 1.165) is 23.3 Å². The van der Waals surface area contributed by atoms with E-state index in [-0.39, 0.29) is 13.2 Å². The molecule has 1 amide bonds. The molecule has 0 aromatic heterocycles. The first-order chi connectivity index (χ1) is 16.5. The summed E-state index contributed by atoms with van der Waals surface area (Å²) in [5, 5.41) is 0. The van der Waals surface area contributed by atoms with Gasteiger partial charge in [-0.3, -0.25) is 4.79 Å². The van der Waals surface area contributed by atoms with Crippen molar-refractivity contribution in [1.82, 2.24) is 4.90 Å². The van der Waals surface area contributed by atoms with E-state index in [1.165, 1.54) is 25.2 Å². The standard InChI is InChI=1S/C26H25F2NO5/c1-31-21-9-4-5-10-22(21)34-15-20-17-14-24(33-3)23(32-2)13-16(17)11-12-29(20)26(30)25-18(27)7-6-8-19(25)28/h4-10,13-14,20H,11-12,15H2,1-3H3/t20-/m0/s1. The number of fused-ring (bicyclic) bond motifs is 1. The molecule has 0 N–H and O–H groups in total. The van der Waals surface area contributed by atoms with Crippen LogP contribution in [0.5, 0.6) is 23.0 Å². The Morgan fingerprint density at radius 3 is 2.15 bits per heavy atom. The van der Waals surface area contributed by atoms with Crippen LogP contribution in [0.3, 0.4) is 0 Å². The second-order valence-corrected chi connectivity index (χ2v) is 7.73. The molecule has 3 aromatic rings. The quantitative estimate of drug-likeness (QED) is 0.497. The predicted molar refractivity (Wildman–Crippen MR) is 122 cm³/mol. The fraction of sp³-hybridized carbons (Fsp3) is 0.269. The van der Waals surface area contributed by atoms with E-state index < -0.39 is 29.1 Å². The highest BCUT2D eigenvalue weighted by molar-refractivity contribution is 5.95. The zero-order chi connectivity index (χ0) is 24.2. The summed E-state index contributed by atoms with van der Waals surface area (Å²) in [4.78, 5) is 14.8. The molecule has 4 rings (SSSR count). The van der Waals surface area contributed by atoms with Crippen molar-refractivity contribution >= 4 is 5.91 Å². The van der Waals surface area contributed by atoms with Crippen molar-refractivity contribution in [2.24, 2.45) is 0 Å². The first kappa shape index (κ1) is 23.4. The van der Waals surface area contributed by atoms with Crippen LogP contribution < -0.4 is 18.9 Å². The van der Waals surface area contributed by atoms with Gasteiger partial charge in [-0.05, 0) is 53.9 Å². The highest BCUT2D eigenvalue weighted by Gasteiger charge is 2.35. The van der Waals surface area contributed by atoms with E-state index in [1.807, 2.05) is 12.1 Å². The minimum Gasteiger partial charge on any atom is -0.493 e. The molecule has 0 radical (unpaired) electrons. The maximum absolute atomic E-state index is 14.5. The summed E-state index contributed by atoms with van der Waals surface area (Å²) in [6.07, 6.45) is 0.475. The lowest BCUT2D eigenvalue weighted by Crippen LogP contribution is -2.43. The summed E-state index contributed by atoms with van der Waals surface area (Å²) in [6.45, 7) is 0.277. The van der Waals surface area contributed by atoms with Crippen LogP contribution in [0.25, 0.3) is 0 Å². The van der Waals surface area contributed by atoms with Crippen molar-refractivity contribution in [2.45, 2.75) is 12.5 Å². The number of carbonyl (C=O) groups is 1. The smallest absolute Gasteiger partial charge is 0.260 e. The van der Waals surface area contributed by atoms with Gasteiger partial charge in [0.15, 0.2) is 23.0 Å². The molecule has 1 atom stereocenters. The number of methoxy groups -OCH3 is 3. The second kappa shape index (κ2) is 9.99. The molecule has 6 nitrogen and oxygen atoms in total. The molecule has 8 heteroatoms. The van der Waals surface area contributed by atoms with E-state index >= 15 is 0 Å². The molecular formula is C26H25F2NO5. The number of amides is 1. The van der Waals surface area contributed by atoms with Crippen LogP contribution in [0.1, 0.15) is 27.5 Å². The average Bonchev–Trinajstić information content (AvgIpc) is 2.86. The fourth-order valence-corrected chi connectivity index (χ4v) is 4.20. The summed E-state index contributed by atoms with van der Waals surface area (Å²) in [5.74, 6) is -0.504. The molecule has 0 fully saturated rings. The molecule has 0 aliphatic carbocycles. The van der Waals surface area contributed by atoms with Crippen LogP contribution >= 0.6 is 0 Å². The van der Waals surface area contributed by atoms with Crippen molar-refractivity contribution < 1.29 is 32.5 Å². The number of nitrogens with zero attached hydrogens (tertiary/aromatic N) is 1. The van der Waals surface area contributed by atoms with E-state index in [2.05, 4.69) is 0 Å². The van der Waals surface area contributed by atoms with Crippen LogP contribution in [0.2, 0.25) is 0 Å². The van der Waals surface area contributed by atoms with Crippen molar-refractivity contribution in [3.63, 3.8) is 0 Å². The number of carbonyl (C=O) groups excluding carboxylic acids is 1. The van der Waals surface area contributed by atoms with Crippen LogP contribution in [-0.2, 0) is 6.42 Å². The van der Waals surface area contributed by atoms with Gasteiger partial charge in [0, 0.05) is 6.54 Å². The fourth-order valence-electron chi connectivity index (χ4n) is 4.20. The number of hydrogen-bond donors (Lipinski definition) is 0. The summed E-state index contributed by atoms with van der Waals surface area (Å²) in [7, 11) is 4.60. The first-order valence-electron chi connectivity index (χ1n) is 10.7. The summed E-state index contributed by atoms with van der Waals surface area (Å²) in [5.41, 5.74) is 1.10. The van der Waals surface area contributed by atoms with Gasteiger partial charge >= 0.3 is 0 Å². The molecule has 0 spiro atoms. The molecule has 0 bridgehead atoms. The molecule has 34 heavy (non-hydrogen) atoms. The van der Waals surface area contributed by atoms with Gasteiger partial charge in [0.25, 0.3) is 5.91 Å². The van der Waals surface area contributed by atoms with Crippen LogP contribution in [0.4, 0.5) is 8.78 Å². The number of rotatable bonds is 7. The van der Waals surface area contributed by atoms with Gasteiger partial charge in [0.1, 0.15) is 23.8 Å². The van der Waals surface area contributed by atoms with Crippen molar-refractivity contribution in [1.29, 1.82) is 0 Å². The third kappa shape index (κ3) is 4.35. The highest BCUT2D eigenvalue weighted by atomic mass is 19.1. The van der Waals surface area contributed by atoms with Gasteiger partial charge in [-0.1, -0.05) is 18.2 Å². The van der Waals surface area contributed by atoms with Gasteiger partial charge in [-0.2, -0.15) is 0 Å². The first-order valence-corrected chi connectivity index (χ1v) is 10.7. The Morgan fingerprint density at radius 2 is 1.50 bits per heavy atom. The monoisotopic (exact) mass is 469 g/mol. The van der Waals surface area contributed by atoms with Gasteiger partial charge in [0.2, 0.25) is 0 Å². The lowest BCUT2D eigenvalue weighted by atomic mass is 9.91. The number of benzene rings is 3. The SMILES string of the molecule is COc1cc2c(cc1OC)[C@H](COc1ccccc1OC)N(C(=O)c1c(F)cccc1F)CC2. The molecule has 3 aromatic carbocycles. The van der Waals surface area contributed by atoms with E-state index in [1.54, 1.807) is 31.4 Å². The lowest BCUT2D eigenvalue weighted by molar-refractivity contribution is 0.0577. The average molecular weight is 469 g/mol. The lowest BCUT2D eigenvalue weighted by Gasteiger charge is -2.37. The van der Waals surface area contributed by atoms with E-state index in [9.17, 15) is 13.6 Å². The largest absolute Gasteiger partial charge is 0.493 e. The highest BCUT2D eigenvalue weighted by Crippen LogP contribution is 2.39. The number of halogens is 2. The number of para-hydroxylation sites is 2. The van der Waals surface area contributed by atoms with E-state index in [4.69, 9.17) is 18.9 Å². The molecule has 0 saturated heterocycles. The topological polar surface area (TPSA) is 57.2 Å². The zero-order valence-corrected chi connectivity index (χ0v) is 19.1. The maximum atomic E-state index is 14.5. The normalized spacial score (nSPS) is 14.9. The Kier molecular flexibility index (Phi) is 6.86. The zero-order valence-electron chi connectivity index (χ0n) is 19.1. The second-order valence-electron chi connectivity index (χ2n) is 7.73. The summed E-state index contributed by atoms with van der Waals surface area (Å²) >= 11 is 0. The Bertz CT molecular complexity index is 1180. The maximum Gasteiger partial charge on any atom is 0.260 e. The van der Waals surface area contributed by atoms with Gasteiger partial charge in [-0.15, -0.1) is 0 Å². The minimum absolute atomic E-state index is 0.0324.